The van der Waals surface area contributed by atoms with E-state index in [2.05, 4.69) is 15.6 Å². The van der Waals surface area contributed by atoms with Crippen LogP contribution in [-0.2, 0) is 11.3 Å². The Hall–Kier alpha value is -2.11. The predicted molar refractivity (Wildman–Crippen MR) is 87.2 cm³/mol. The standard InChI is InChI=1S/C16H18ClN3O2/c1-22-15-3-2-13(17)10-14(15)20-16(21)6-9-19-11-12-4-7-18-8-5-12/h2-5,7-8,10,19H,6,9,11H2,1H3,(H,20,21). The monoisotopic (exact) mass is 319 g/mol. The van der Waals surface area contributed by atoms with Crippen LogP contribution in [0.2, 0.25) is 5.02 Å². The van der Waals surface area contributed by atoms with Crippen LogP contribution < -0.4 is 15.4 Å². The van der Waals surface area contributed by atoms with Crippen LogP contribution in [0.5, 0.6) is 5.75 Å². The van der Waals surface area contributed by atoms with E-state index in [4.69, 9.17) is 16.3 Å². The maximum absolute atomic E-state index is 11.9. The van der Waals surface area contributed by atoms with E-state index >= 15 is 0 Å². The highest BCUT2D eigenvalue weighted by atomic mass is 35.5. The van der Waals surface area contributed by atoms with Gasteiger partial charge in [-0.1, -0.05) is 11.6 Å². The Morgan fingerprint density at radius 1 is 1.27 bits per heavy atom. The van der Waals surface area contributed by atoms with Crippen LogP contribution in [0.25, 0.3) is 0 Å². The van der Waals surface area contributed by atoms with Crippen LogP contribution in [0.4, 0.5) is 5.69 Å². The van der Waals surface area contributed by atoms with Crippen molar-refractivity contribution >= 4 is 23.2 Å². The molecule has 0 bridgehead atoms. The van der Waals surface area contributed by atoms with E-state index in [0.29, 0.717) is 36.0 Å². The number of benzene rings is 1. The molecule has 2 rings (SSSR count). The zero-order valence-corrected chi connectivity index (χ0v) is 13.1. The minimum Gasteiger partial charge on any atom is -0.495 e. The first-order valence-corrected chi connectivity index (χ1v) is 7.30. The lowest BCUT2D eigenvalue weighted by Crippen LogP contribution is -2.21. The van der Waals surface area contributed by atoms with Gasteiger partial charge in [0.1, 0.15) is 5.75 Å². The molecule has 0 aliphatic rings. The minimum absolute atomic E-state index is 0.0946. The van der Waals surface area contributed by atoms with Crippen LogP contribution in [0, 0.1) is 0 Å². The molecule has 0 unspecified atom stereocenters. The fourth-order valence-corrected chi connectivity index (χ4v) is 2.10. The SMILES string of the molecule is COc1ccc(Cl)cc1NC(=O)CCNCc1ccncc1. The van der Waals surface area contributed by atoms with Gasteiger partial charge in [-0.2, -0.15) is 0 Å². The second kappa shape index (κ2) is 8.36. The van der Waals surface area contributed by atoms with Gasteiger partial charge in [-0.25, -0.2) is 0 Å². The molecule has 1 aromatic heterocycles. The van der Waals surface area contributed by atoms with Crippen molar-refractivity contribution in [1.29, 1.82) is 0 Å². The number of pyridine rings is 1. The summed E-state index contributed by atoms with van der Waals surface area (Å²) in [6.07, 6.45) is 3.85. The summed E-state index contributed by atoms with van der Waals surface area (Å²) in [6.45, 7) is 1.29. The second-order valence-corrected chi connectivity index (χ2v) is 5.11. The van der Waals surface area contributed by atoms with Gasteiger partial charge < -0.3 is 15.4 Å². The van der Waals surface area contributed by atoms with Gasteiger partial charge >= 0.3 is 0 Å². The third kappa shape index (κ3) is 5.02. The first-order valence-electron chi connectivity index (χ1n) is 6.92. The van der Waals surface area contributed by atoms with Crippen molar-refractivity contribution < 1.29 is 9.53 Å². The summed E-state index contributed by atoms with van der Waals surface area (Å²) >= 11 is 5.93. The van der Waals surface area contributed by atoms with Crippen LogP contribution in [0.1, 0.15) is 12.0 Å². The molecule has 22 heavy (non-hydrogen) atoms. The quantitative estimate of drug-likeness (QED) is 0.770. The zero-order valence-electron chi connectivity index (χ0n) is 12.3. The van der Waals surface area contributed by atoms with Crippen LogP contribution >= 0.6 is 11.6 Å². The fraction of sp³-hybridized carbons (Fsp3) is 0.250. The van der Waals surface area contributed by atoms with Gasteiger partial charge in [0, 0.05) is 36.9 Å². The number of methoxy groups -OCH3 is 1. The Bertz CT molecular complexity index is 620. The molecule has 5 nitrogen and oxygen atoms in total. The highest BCUT2D eigenvalue weighted by Gasteiger charge is 2.08. The molecule has 0 atom stereocenters. The molecule has 1 heterocycles. The summed E-state index contributed by atoms with van der Waals surface area (Å²) in [6, 6.07) is 8.97. The van der Waals surface area contributed by atoms with Gasteiger partial charge in [-0.3, -0.25) is 9.78 Å². The maximum atomic E-state index is 11.9. The molecule has 1 amide bonds. The molecule has 0 radical (unpaired) electrons. The summed E-state index contributed by atoms with van der Waals surface area (Å²) in [5, 5.41) is 6.56. The molecule has 0 saturated carbocycles. The molecule has 1 aromatic carbocycles. The molecule has 0 spiro atoms. The van der Waals surface area contributed by atoms with Crippen molar-refractivity contribution in [2.75, 3.05) is 19.0 Å². The number of nitrogens with one attached hydrogen (secondary N) is 2. The molecule has 6 heteroatoms. The largest absolute Gasteiger partial charge is 0.495 e. The first kappa shape index (κ1) is 16.3. The number of halogens is 1. The lowest BCUT2D eigenvalue weighted by atomic mass is 10.2. The number of amides is 1. The van der Waals surface area contributed by atoms with Crippen LogP contribution in [0.15, 0.2) is 42.7 Å². The van der Waals surface area contributed by atoms with Gasteiger partial charge in [0.15, 0.2) is 0 Å². The van der Waals surface area contributed by atoms with Gasteiger partial charge in [0.2, 0.25) is 5.91 Å². The summed E-state index contributed by atoms with van der Waals surface area (Å²) in [4.78, 5) is 15.9. The maximum Gasteiger partial charge on any atom is 0.225 e. The van der Waals surface area contributed by atoms with E-state index < -0.39 is 0 Å². The van der Waals surface area contributed by atoms with E-state index in [1.807, 2.05) is 12.1 Å². The van der Waals surface area contributed by atoms with Gasteiger partial charge in [-0.15, -0.1) is 0 Å². The number of anilines is 1. The molecular formula is C16H18ClN3O2. The third-order valence-electron chi connectivity index (χ3n) is 3.04. The van der Waals surface area contributed by atoms with Gasteiger partial charge in [0.05, 0.1) is 12.8 Å². The first-order chi connectivity index (χ1) is 10.7. The van der Waals surface area contributed by atoms with Gasteiger partial charge in [-0.05, 0) is 35.9 Å². The van der Waals surface area contributed by atoms with E-state index in [1.54, 1.807) is 37.7 Å². The Balaban J connectivity index is 1.77. The molecule has 0 aliphatic heterocycles. The Kier molecular flexibility index (Phi) is 6.18. The summed E-state index contributed by atoms with van der Waals surface area (Å²) in [5.41, 5.74) is 1.71. The topological polar surface area (TPSA) is 63.2 Å². The smallest absolute Gasteiger partial charge is 0.225 e. The molecule has 116 valence electrons. The molecule has 2 N–H and O–H groups in total. The molecule has 0 aliphatic carbocycles. The van der Waals surface area contributed by atoms with Crippen molar-refractivity contribution in [2.45, 2.75) is 13.0 Å². The molecule has 0 saturated heterocycles. The molecular weight excluding hydrogens is 302 g/mol. The number of hydrogen-bond donors (Lipinski definition) is 2. The number of carbonyl (C=O) groups excluding carboxylic acids is 1. The highest BCUT2D eigenvalue weighted by Crippen LogP contribution is 2.27. The molecule has 0 fully saturated rings. The fourth-order valence-electron chi connectivity index (χ4n) is 1.93. The van der Waals surface area contributed by atoms with E-state index in [9.17, 15) is 4.79 Å². The van der Waals surface area contributed by atoms with E-state index in [1.165, 1.54) is 0 Å². The number of carbonyl (C=O) groups is 1. The second-order valence-electron chi connectivity index (χ2n) is 4.68. The average Bonchev–Trinajstić information content (AvgIpc) is 2.53. The lowest BCUT2D eigenvalue weighted by molar-refractivity contribution is -0.116. The van der Waals surface area contributed by atoms with Crippen molar-refractivity contribution in [3.63, 3.8) is 0 Å². The Morgan fingerprint density at radius 3 is 2.77 bits per heavy atom. The van der Waals surface area contributed by atoms with Crippen LogP contribution in [-0.4, -0.2) is 24.5 Å². The average molecular weight is 320 g/mol. The lowest BCUT2D eigenvalue weighted by Gasteiger charge is -2.11. The molecule has 2 aromatic rings. The van der Waals surface area contributed by atoms with E-state index in [-0.39, 0.29) is 5.91 Å². The number of rotatable bonds is 7. The Morgan fingerprint density at radius 2 is 2.05 bits per heavy atom. The van der Waals surface area contributed by atoms with E-state index in [0.717, 1.165) is 5.56 Å². The minimum atomic E-state index is -0.0946. The summed E-state index contributed by atoms with van der Waals surface area (Å²) in [7, 11) is 1.55. The summed E-state index contributed by atoms with van der Waals surface area (Å²) in [5.74, 6) is 0.491. The number of aromatic nitrogens is 1. The van der Waals surface area contributed by atoms with Crippen LogP contribution in [0.3, 0.4) is 0 Å². The highest BCUT2D eigenvalue weighted by molar-refractivity contribution is 6.31. The van der Waals surface area contributed by atoms with Crippen molar-refractivity contribution in [2.24, 2.45) is 0 Å². The van der Waals surface area contributed by atoms with Crippen molar-refractivity contribution in [1.82, 2.24) is 10.3 Å². The van der Waals surface area contributed by atoms with Crippen molar-refractivity contribution in [3.05, 3.63) is 53.3 Å². The van der Waals surface area contributed by atoms with Gasteiger partial charge in [0.25, 0.3) is 0 Å². The Labute approximate surface area is 134 Å². The number of ether oxygens (including phenoxy) is 1. The number of nitrogens with zero attached hydrogens (tertiary/aromatic N) is 1. The van der Waals surface area contributed by atoms with Crippen molar-refractivity contribution in [3.8, 4) is 5.75 Å². The summed E-state index contributed by atoms with van der Waals surface area (Å²) < 4.78 is 5.19. The predicted octanol–water partition coefficient (Wildman–Crippen LogP) is 2.86. The third-order valence-corrected chi connectivity index (χ3v) is 3.28. The zero-order chi connectivity index (χ0) is 15.8. The number of hydrogen-bond acceptors (Lipinski definition) is 4. The normalized spacial score (nSPS) is 10.3.